The van der Waals surface area contributed by atoms with Crippen molar-refractivity contribution in [2.75, 3.05) is 6.61 Å². The molecule has 1 aromatic rings. The van der Waals surface area contributed by atoms with Crippen molar-refractivity contribution in [3.8, 4) is 0 Å². The minimum absolute atomic E-state index is 0.0116. The summed E-state index contributed by atoms with van der Waals surface area (Å²) in [6.07, 6.45) is 5.32. The van der Waals surface area contributed by atoms with Crippen molar-refractivity contribution < 1.29 is 9.90 Å². The molecule has 0 aliphatic carbocycles. The van der Waals surface area contributed by atoms with Gasteiger partial charge in [0.1, 0.15) is 0 Å². The Morgan fingerprint density at radius 2 is 2.43 bits per heavy atom. The van der Waals surface area contributed by atoms with Gasteiger partial charge in [-0.1, -0.05) is 6.92 Å². The fourth-order valence-electron chi connectivity index (χ4n) is 1.33. The number of Topliss-reactive ketones (excluding diaryl/α,β-unsaturated/α-hetero) is 1. The average Bonchev–Trinajstić information content (AvgIpc) is 2.63. The van der Waals surface area contributed by atoms with Gasteiger partial charge in [-0.15, -0.1) is 0 Å². The van der Waals surface area contributed by atoms with Gasteiger partial charge in [-0.05, 0) is 12.8 Å². The van der Waals surface area contributed by atoms with Crippen LogP contribution in [-0.4, -0.2) is 27.0 Å². The van der Waals surface area contributed by atoms with Gasteiger partial charge in [-0.25, -0.2) is 4.98 Å². The zero-order valence-corrected chi connectivity index (χ0v) is 8.44. The van der Waals surface area contributed by atoms with Gasteiger partial charge in [0, 0.05) is 32.0 Å². The minimum Gasteiger partial charge on any atom is -0.396 e. The van der Waals surface area contributed by atoms with E-state index in [0.717, 1.165) is 13.0 Å². The SMILES string of the molecule is CCCn1ccnc1C(=O)CCCO. The first-order valence-electron chi connectivity index (χ1n) is 4.94. The van der Waals surface area contributed by atoms with Crippen molar-refractivity contribution in [3.05, 3.63) is 18.2 Å². The quantitative estimate of drug-likeness (QED) is 0.696. The van der Waals surface area contributed by atoms with E-state index in [1.807, 2.05) is 10.8 Å². The summed E-state index contributed by atoms with van der Waals surface area (Å²) in [5.41, 5.74) is 0. The van der Waals surface area contributed by atoms with Crippen LogP contribution in [0, 0.1) is 0 Å². The molecule has 0 fully saturated rings. The van der Waals surface area contributed by atoms with E-state index in [1.54, 1.807) is 6.20 Å². The highest BCUT2D eigenvalue weighted by atomic mass is 16.3. The van der Waals surface area contributed by atoms with Gasteiger partial charge in [0.05, 0.1) is 0 Å². The van der Waals surface area contributed by atoms with Gasteiger partial charge in [-0.3, -0.25) is 4.79 Å². The molecular formula is C10H16N2O2. The third-order valence-electron chi connectivity index (χ3n) is 1.99. The summed E-state index contributed by atoms with van der Waals surface area (Å²) in [4.78, 5) is 15.6. The number of hydrogen-bond acceptors (Lipinski definition) is 3. The number of nitrogens with zero attached hydrogens (tertiary/aromatic N) is 2. The maximum absolute atomic E-state index is 11.6. The Bertz CT molecular complexity index is 294. The highest BCUT2D eigenvalue weighted by molar-refractivity contribution is 5.92. The van der Waals surface area contributed by atoms with Crippen LogP contribution in [0.25, 0.3) is 0 Å². The van der Waals surface area contributed by atoms with E-state index < -0.39 is 0 Å². The molecule has 0 saturated heterocycles. The monoisotopic (exact) mass is 196 g/mol. The van der Waals surface area contributed by atoms with Crippen LogP contribution in [0.1, 0.15) is 36.8 Å². The second kappa shape index (κ2) is 5.54. The van der Waals surface area contributed by atoms with E-state index in [9.17, 15) is 4.79 Å². The summed E-state index contributed by atoms with van der Waals surface area (Å²) in [6, 6.07) is 0. The van der Waals surface area contributed by atoms with Gasteiger partial charge in [-0.2, -0.15) is 0 Å². The highest BCUT2D eigenvalue weighted by Gasteiger charge is 2.11. The molecule has 1 rings (SSSR count). The van der Waals surface area contributed by atoms with Crippen molar-refractivity contribution in [1.82, 2.24) is 9.55 Å². The van der Waals surface area contributed by atoms with Crippen LogP contribution in [0.15, 0.2) is 12.4 Å². The van der Waals surface area contributed by atoms with E-state index in [2.05, 4.69) is 11.9 Å². The van der Waals surface area contributed by atoms with Crippen LogP contribution in [0.4, 0.5) is 0 Å². The molecule has 1 N–H and O–H groups in total. The average molecular weight is 196 g/mol. The number of aliphatic hydroxyl groups is 1. The predicted octanol–water partition coefficient (Wildman–Crippen LogP) is 1.25. The molecule has 1 aromatic heterocycles. The molecule has 0 amide bonds. The number of rotatable bonds is 6. The molecule has 0 aliphatic heterocycles. The molecule has 0 unspecified atom stereocenters. The summed E-state index contributed by atoms with van der Waals surface area (Å²) in [6.45, 7) is 2.93. The standard InChI is InChI=1S/C10H16N2O2/c1-2-6-12-7-5-11-10(12)9(14)4-3-8-13/h5,7,13H,2-4,6,8H2,1H3. The lowest BCUT2D eigenvalue weighted by Gasteiger charge is -2.04. The highest BCUT2D eigenvalue weighted by Crippen LogP contribution is 2.04. The molecule has 14 heavy (non-hydrogen) atoms. The molecule has 0 spiro atoms. The molecule has 78 valence electrons. The van der Waals surface area contributed by atoms with Crippen LogP contribution >= 0.6 is 0 Å². The number of imidazole rings is 1. The Hall–Kier alpha value is -1.16. The lowest BCUT2D eigenvalue weighted by atomic mass is 10.2. The van der Waals surface area contributed by atoms with E-state index in [-0.39, 0.29) is 12.4 Å². The van der Waals surface area contributed by atoms with Crippen LogP contribution in [0.3, 0.4) is 0 Å². The number of carbonyl (C=O) groups is 1. The van der Waals surface area contributed by atoms with E-state index in [4.69, 9.17) is 5.11 Å². The van der Waals surface area contributed by atoms with Gasteiger partial charge >= 0.3 is 0 Å². The molecule has 4 nitrogen and oxygen atoms in total. The summed E-state index contributed by atoms with van der Waals surface area (Å²) in [5.74, 6) is 0.526. The molecule has 0 radical (unpaired) electrons. The molecule has 1 heterocycles. The Morgan fingerprint density at radius 1 is 1.64 bits per heavy atom. The maximum Gasteiger partial charge on any atom is 0.198 e. The van der Waals surface area contributed by atoms with Gasteiger partial charge in [0.25, 0.3) is 0 Å². The number of aryl methyl sites for hydroxylation is 1. The Balaban J connectivity index is 2.63. The Morgan fingerprint density at radius 3 is 3.07 bits per heavy atom. The largest absolute Gasteiger partial charge is 0.396 e. The fraction of sp³-hybridized carbons (Fsp3) is 0.600. The smallest absolute Gasteiger partial charge is 0.198 e. The number of ketones is 1. The molecular weight excluding hydrogens is 180 g/mol. The first-order valence-corrected chi connectivity index (χ1v) is 4.94. The van der Waals surface area contributed by atoms with Crippen molar-refractivity contribution >= 4 is 5.78 Å². The third-order valence-corrected chi connectivity index (χ3v) is 1.99. The number of hydrogen-bond donors (Lipinski definition) is 1. The topological polar surface area (TPSA) is 55.1 Å². The second-order valence-electron chi connectivity index (χ2n) is 3.19. The Labute approximate surface area is 83.6 Å². The van der Waals surface area contributed by atoms with Crippen molar-refractivity contribution in [3.63, 3.8) is 0 Å². The molecule has 4 heteroatoms. The first kappa shape index (κ1) is 10.9. The van der Waals surface area contributed by atoms with Crippen molar-refractivity contribution in [2.45, 2.75) is 32.7 Å². The third kappa shape index (κ3) is 2.67. The summed E-state index contributed by atoms with van der Waals surface area (Å²) in [7, 11) is 0. The van der Waals surface area contributed by atoms with E-state index in [1.165, 1.54) is 0 Å². The zero-order chi connectivity index (χ0) is 10.4. The normalized spacial score (nSPS) is 10.4. The van der Waals surface area contributed by atoms with Gasteiger partial charge in [0.2, 0.25) is 0 Å². The number of aliphatic hydroxyl groups excluding tert-OH is 1. The zero-order valence-electron chi connectivity index (χ0n) is 8.44. The van der Waals surface area contributed by atoms with Crippen molar-refractivity contribution in [1.29, 1.82) is 0 Å². The Kier molecular flexibility index (Phi) is 4.32. The molecule has 0 saturated carbocycles. The minimum atomic E-state index is 0.0116. The first-order chi connectivity index (χ1) is 6.79. The molecule has 0 aromatic carbocycles. The van der Waals surface area contributed by atoms with Gasteiger partial charge in [0.15, 0.2) is 11.6 Å². The van der Waals surface area contributed by atoms with E-state index in [0.29, 0.717) is 18.7 Å². The number of aromatic nitrogens is 2. The lowest BCUT2D eigenvalue weighted by molar-refractivity contribution is 0.0957. The second-order valence-corrected chi connectivity index (χ2v) is 3.19. The van der Waals surface area contributed by atoms with Gasteiger partial charge < -0.3 is 9.67 Å². The molecule has 0 bridgehead atoms. The predicted molar refractivity (Wildman–Crippen MR) is 53.2 cm³/mol. The van der Waals surface area contributed by atoms with Crippen LogP contribution in [0.5, 0.6) is 0 Å². The summed E-state index contributed by atoms with van der Waals surface area (Å²) < 4.78 is 1.86. The lowest BCUT2D eigenvalue weighted by Crippen LogP contribution is -2.10. The molecule has 0 atom stereocenters. The van der Waals surface area contributed by atoms with Crippen LogP contribution in [-0.2, 0) is 6.54 Å². The number of carbonyl (C=O) groups excluding carboxylic acids is 1. The van der Waals surface area contributed by atoms with Crippen LogP contribution < -0.4 is 0 Å². The molecule has 0 aliphatic rings. The summed E-state index contributed by atoms with van der Waals surface area (Å²) >= 11 is 0. The summed E-state index contributed by atoms with van der Waals surface area (Å²) in [5, 5.41) is 8.61. The maximum atomic E-state index is 11.6. The van der Waals surface area contributed by atoms with Crippen molar-refractivity contribution in [2.24, 2.45) is 0 Å². The van der Waals surface area contributed by atoms with Crippen LogP contribution in [0.2, 0.25) is 0 Å². The van der Waals surface area contributed by atoms with E-state index >= 15 is 0 Å². The fourth-order valence-corrected chi connectivity index (χ4v) is 1.33.